The van der Waals surface area contributed by atoms with Crippen LogP contribution in [0.3, 0.4) is 0 Å². The highest BCUT2D eigenvalue weighted by Crippen LogP contribution is 2.21. The summed E-state index contributed by atoms with van der Waals surface area (Å²) in [6.45, 7) is 5.13. The number of halogens is 2. The Hall–Kier alpha value is -4.62. The number of aromatic nitrogens is 4. The van der Waals surface area contributed by atoms with Gasteiger partial charge in [0.15, 0.2) is 11.9 Å². The maximum Gasteiger partial charge on any atom is 0.410 e. The van der Waals surface area contributed by atoms with Gasteiger partial charge in [0.25, 0.3) is 11.5 Å². The number of anilines is 1. The van der Waals surface area contributed by atoms with Crippen LogP contribution in [0.15, 0.2) is 29.2 Å². The van der Waals surface area contributed by atoms with E-state index in [-0.39, 0.29) is 53.9 Å². The zero-order chi connectivity index (χ0) is 32.0. The number of nitrogens with one attached hydrogen (secondary N) is 2. The minimum absolute atomic E-state index is 0.0115. The summed E-state index contributed by atoms with van der Waals surface area (Å²) in [6.07, 6.45) is 2.54. The predicted molar refractivity (Wildman–Crippen MR) is 157 cm³/mol. The lowest BCUT2D eigenvalue weighted by Gasteiger charge is -2.20. The van der Waals surface area contributed by atoms with Gasteiger partial charge in [0.1, 0.15) is 22.8 Å². The Morgan fingerprint density at radius 2 is 1.84 bits per heavy atom. The second-order valence-corrected chi connectivity index (χ2v) is 10.9. The zero-order valence-corrected chi connectivity index (χ0v) is 25.3. The van der Waals surface area contributed by atoms with Gasteiger partial charge in [-0.05, 0) is 38.2 Å². The maximum absolute atomic E-state index is 15.0. The SMILES string of the molecule is Cc1c(F)cc(NC(=O)[C@H](CC/C=C/C(=O)N(C)C)OC(=O)N(C)C)c(=O)n1Cc1nc2c(F)cnc(CC(C)C)c2[nH]1. The average Bonchev–Trinajstić information content (AvgIpc) is 3.37. The van der Waals surface area contributed by atoms with Crippen molar-refractivity contribution in [3.63, 3.8) is 0 Å². The zero-order valence-electron chi connectivity index (χ0n) is 25.3. The van der Waals surface area contributed by atoms with Crippen LogP contribution in [0.5, 0.6) is 0 Å². The van der Waals surface area contributed by atoms with E-state index >= 15 is 4.39 Å². The highest BCUT2D eigenvalue weighted by atomic mass is 19.1. The molecule has 0 saturated carbocycles. The van der Waals surface area contributed by atoms with E-state index in [9.17, 15) is 23.6 Å². The third-order valence-electron chi connectivity index (χ3n) is 6.46. The van der Waals surface area contributed by atoms with Crippen LogP contribution in [0.25, 0.3) is 11.0 Å². The number of carbonyl (C=O) groups excluding carboxylic acids is 3. The van der Waals surface area contributed by atoms with Crippen LogP contribution in [0.4, 0.5) is 19.3 Å². The third kappa shape index (κ3) is 8.23. The lowest BCUT2D eigenvalue weighted by Crippen LogP contribution is -2.38. The van der Waals surface area contributed by atoms with Crippen molar-refractivity contribution in [2.45, 2.75) is 52.7 Å². The number of aromatic amines is 1. The molecule has 0 aliphatic rings. The number of hydrogen-bond donors (Lipinski definition) is 2. The molecular weight excluding hydrogens is 564 g/mol. The second-order valence-electron chi connectivity index (χ2n) is 10.9. The molecule has 1 atom stereocenters. The molecule has 0 bridgehead atoms. The monoisotopic (exact) mass is 601 g/mol. The molecule has 3 heterocycles. The Kier molecular flexibility index (Phi) is 10.7. The number of carbonyl (C=O) groups is 3. The number of imidazole rings is 1. The molecule has 3 rings (SSSR count). The van der Waals surface area contributed by atoms with Gasteiger partial charge in [0.05, 0.1) is 29.6 Å². The van der Waals surface area contributed by atoms with Crippen molar-refractivity contribution in [1.29, 1.82) is 0 Å². The molecule has 2 N–H and O–H groups in total. The van der Waals surface area contributed by atoms with E-state index in [0.29, 0.717) is 17.6 Å². The minimum Gasteiger partial charge on any atom is -0.436 e. The number of amides is 3. The molecule has 43 heavy (non-hydrogen) atoms. The Morgan fingerprint density at radius 1 is 1.14 bits per heavy atom. The molecule has 3 aromatic heterocycles. The number of rotatable bonds is 11. The largest absolute Gasteiger partial charge is 0.436 e. The Balaban J connectivity index is 1.90. The first-order chi connectivity index (χ1) is 20.2. The molecule has 3 amide bonds. The van der Waals surface area contributed by atoms with Crippen molar-refractivity contribution < 1.29 is 27.9 Å². The molecular formula is C29H37F2N7O5. The summed E-state index contributed by atoms with van der Waals surface area (Å²) in [5.41, 5.74) is -0.101. The molecule has 14 heteroatoms. The lowest BCUT2D eigenvalue weighted by molar-refractivity contribution is -0.125. The van der Waals surface area contributed by atoms with Crippen molar-refractivity contribution in [2.75, 3.05) is 33.5 Å². The Labute approximate surface area is 247 Å². The van der Waals surface area contributed by atoms with Crippen LogP contribution < -0.4 is 10.9 Å². The fourth-order valence-corrected chi connectivity index (χ4v) is 4.09. The number of fused-ring (bicyclic) bond motifs is 1. The van der Waals surface area contributed by atoms with Crippen LogP contribution in [-0.2, 0) is 27.3 Å². The number of pyridine rings is 2. The fourth-order valence-electron chi connectivity index (χ4n) is 4.09. The van der Waals surface area contributed by atoms with E-state index in [2.05, 4.69) is 20.3 Å². The maximum atomic E-state index is 15.0. The summed E-state index contributed by atoms with van der Waals surface area (Å²) in [4.78, 5) is 64.5. The van der Waals surface area contributed by atoms with E-state index in [1.54, 1.807) is 14.1 Å². The molecule has 0 aromatic carbocycles. The molecule has 12 nitrogen and oxygen atoms in total. The van der Waals surface area contributed by atoms with Gasteiger partial charge < -0.3 is 29.4 Å². The summed E-state index contributed by atoms with van der Waals surface area (Å²) in [5, 5.41) is 2.38. The van der Waals surface area contributed by atoms with Gasteiger partial charge in [-0.2, -0.15) is 0 Å². The van der Waals surface area contributed by atoms with Gasteiger partial charge in [0, 0.05) is 34.3 Å². The van der Waals surface area contributed by atoms with Gasteiger partial charge in [-0.25, -0.2) is 18.6 Å². The lowest BCUT2D eigenvalue weighted by atomic mass is 10.1. The standard InChI is InChI=1S/C29H37F2N7O5/c1-16(2)12-20-26-25(19(31)14-32-20)34-23(35-26)15-38-17(3)18(30)13-21(28(38)41)33-27(40)22(43-29(42)37(6)7)10-8-9-11-24(39)36(4)5/h9,11,13-14,16,22H,8,10,12,15H2,1-7H3,(H,33,40)(H,34,35)/b11-9+/t22-/m0/s1. The number of hydrogen-bond acceptors (Lipinski definition) is 7. The second kappa shape index (κ2) is 14.0. The molecule has 0 spiro atoms. The molecule has 0 aliphatic heterocycles. The first-order valence-electron chi connectivity index (χ1n) is 13.7. The predicted octanol–water partition coefficient (Wildman–Crippen LogP) is 3.38. The van der Waals surface area contributed by atoms with Gasteiger partial charge in [-0.1, -0.05) is 19.9 Å². The third-order valence-corrected chi connectivity index (χ3v) is 6.46. The van der Waals surface area contributed by atoms with Crippen molar-refractivity contribution in [3.8, 4) is 0 Å². The molecule has 0 aliphatic carbocycles. The molecule has 0 fully saturated rings. The first kappa shape index (κ1) is 32.9. The number of H-pyrrole nitrogens is 1. The highest BCUT2D eigenvalue weighted by Gasteiger charge is 2.25. The normalized spacial score (nSPS) is 12.1. The molecule has 3 aromatic rings. The number of nitrogens with zero attached hydrogens (tertiary/aromatic N) is 5. The van der Waals surface area contributed by atoms with Gasteiger partial charge in [-0.3, -0.25) is 19.4 Å². The van der Waals surface area contributed by atoms with E-state index in [1.165, 1.54) is 38.1 Å². The first-order valence-corrected chi connectivity index (χ1v) is 13.7. The summed E-state index contributed by atoms with van der Waals surface area (Å²) in [7, 11) is 6.05. The summed E-state index contributed by atoms with van der Waals surface area (Å²) >= 11 is 0. The van der Waals surface area contributed by atoms with Crippen LogP contribution >= 0.6 is 0 Å². The fraction of sp³-hybridized carbons (Fsp3) is 0.448. The van der Waals surface area contributed by atoms with E-state index in [1.807, 2.05) is 13.8 Å². The van der Waals surface area contributed by atoms with Crippen molar-refractivity contribution >= 4 is 34.6 Å². The summed E-state index contributed by atoms with van der Waals surface area (Å²) in [5.74, 6) is -2.11. The molecule has 232 valence electrons. The van der Waals surface area contributed by atoms with E-state index < -0.39 is 35.3 Å². The van der Waals surface area contributed by atoms with Gasteiger partial charge in [0.2, 0.25) is 5.91 Å². The minimum atomic E-state index is -1.35. The summed E-state index contributed by atoms with van der Waals surface area (Å²) in [6, 6.07) is 0.884. The Morgan fingerprint density at radius 3 is 2.47 bits per heavy atom. The van der Waals surface area contributed by atoms with Crippen molar-refractivity contribution in [2.24, 2.45) is 5.92 Å². The summed E-state index contributed by atoms with van der Waals surface area (Å²) < 4.78 is 35.9. The van der Waals surface area contributed by atoms with E-state index in [4.69, 9.17) is 4.74 Å². The molecule has 0 saturated heterocycles. The topological polar surface area (TPSA) is 143 Å². The average molecular weight is 602 g/mol. The Bertz CT molecular complexity index is 1590. The van der Waals surface area contributed by atoms with Crippen molar-refractivity contribution in [1.82, 2.24) is 29.3 Å². The van der Waals surface area contributed by atoms with Gasteiger partial charge in [-0.15, -0.1) is 0 Å². The quantitative estimate of drug-likeness (QED) is 0.321. The van der Waals surface area contributed by atoms with Crippen LogP contribution in [0, 0.1) is 24.5 Å². The number of likely N-dealkylation sites (N-methyl/N-ethyl adjacent to an activating group) is 1. The number of ether oxygens (including phenoxy) is 1. The van der Waals surface area contributed by atoms with Gasteiger partial charge >= 0.3 is 6.09 Å². The highest BCUT2D eigenvalue weighted by molar-refractivity contribution is 5.95. The van der Waals surface area contributed by atoms with Crippen LogP contribution in [0.2, 0.25) is 0 Å². The number of allylic oxidation sites excluding steroid dienone is 1. The van der Waals surface area contributed by atoms with Crippen molar-refractivity contribution in [3.05, 3.63) is 63.6 Å². The molecule has 0 radical (unpaired) electrons. The van der Waals surface area contributed by atoms with Crippen LogP contribution in [0.1, 0.15) is 43.9 Å². The van der Waals surface area contributed by atoms with E-state index in [0.717, 1.165) is 21.7 Å². The van der Waals surface area contributed by atoms with Crippen LogP contribution in [-0.4, -0.2) is 81.5 Å². The molecule has 0 unspecified atom stereocenters. The smallest absolute Gasteiger partial charge is 0.410 e.